The molecule has 3 aromatic heterocycles. The number of halogens is 2. The van der Waals surface area contributed by atoms with Gasteiger partial charge in [-0.05, 0) is 19.1 Å². The van der Waals surface area contributed by atoms with Gasteiger partial charge in [-0.3, -0.25) is 10.1 Å². The fourth-order valence-electron chi connectivity index (χ4n) is 3.71. The van der Waals surface area contributed by atoms with E-state index in [-0.39, 0.29) is 0 Å². The normalized spacial score (nSPS) is 13.8. The molecule has 0 amide bonds. The Hall–Kier alpha value is -3.23. The summed E-state index contributed by atoms with van der Waals surface area (Å²) in [5.41, 5.74) is 3.88. The molecule has 10 heteroatoms. The van der Waals surface area contributed by atoms with Crippen molar-refractivity contribution < 1.29 is 14.2 Å². The van der Waals surface area contributed by atoms with Crippen LogP contribution >= 0.6 is 23.2 Å². The van der Waals surface area contributed by atoms with Crippen LogP contribution in [0, 0.1) is 0 Å². The molecular weight excluding hydrogens is 453 g/mol. The number of nitrogens with one attached hydrogen (secondary N) is 2. The summed E-state index contributed by atoms with van der Waals surface area (Å²) in [6.07, 6.45) is 4.38. The molecule has 1 aliphatic rings. The van der Waals surface area contributed by atoms with Crippen LogP contribution in [0.15, 0.2) is 36.8 Å². The van der Waals surface area contributed by atoms with Gasteiger partial charge in [0, 0.05) is 47.7 Å². The molecule has 32 heavy (non-hydrogen) atoms. The molecule has 8 nitrogen and oxygen atoms in total. The Morgan fingerprint density at radius 2 is 1.91 bits per heavy atom. The summed E-state index contributed by atoms with van der Waals surface area (Å²) >= 11 is 12.6. The van der Waals surface area contributed by atoms with E-state index in [9.17, 15) is 0 Å². The molecule has 0 spiro atoms. The topological polar surface area (TPSA) is 94.2 Å². The van der Waals surface area contributed by atoms with Gasteiger partial charge >= 0.3 is 0 Å². The minimum atomic E-state index is -0.438. The maximum atomic E-state index is 6.31. The molecule has 1 aromatic carbocycles. The SMILES string of the molecule is COc1cc2[nH]nc(-c3cnc4c(c3)NCCO4)c2cc1O[C@H](C)c1c(Cl)cncc1Cl. The molecule has 0 unspecified atom stereocenters. The largest absolute Gasteiger partial charge is 0.493 e. The van der Waals surface area contributed by atoms with Gasteiger partial charge in [-0.2, -0.15) is 5.10 Å². The Kier molecular flexibility index (Phi) is 5.40. The molecule has 0 bridgehead atoms. The summed E-state index contributed by atoms with van der Waals surface area (Å²) in [4.78, 5) is 8.42. The molecule has 0 saturated heterocycles. The first kappa shape index (κ1) is 20.7. The van der Waals surface area contributed by atoms with Gasteiger partial charge in [-0.1, -0.05) is 23.2 Å². The number of benzene rings is 1. The van der Waals surface area contributed by atoms with Crippen LogP contribution in [0.1, 0.15) is 18.6 Å². The maximum Gasteiger partial charge on any atom is 0.237 e. The fraction of sp³-hybridized carbons (Fsp3) is 0.227. The number of hydrogen-bond acceptors (Lipinski definition) is 7. The second kappa shape index (κ2) is 8.37. The standard InChI is InChI=1S/C22H19Cl2N5O3/c1-11(20-14(23)9-25-10-15(20)24)32-19-6-13-16(7-18(19)30-2)28-29-21(13)12-5-17-22(27-8-12)31-4-3-26-17/h5-11,26H,3-4H2,1-2H3,(H,28,29)/t11-/m1/s1. The van der Waals surface area contributed by atoms with Crippen LogP contribution in [0.5, 0.6) is 17.4 Å². The van der Waals surface area contributed by atoms with Crippen molar-refractivity contribution in [1.29, 1.82) is 0 Å². The molecule has 0 aliphatic carbocycles. The van der Waals surface area contributed by atoms with Gasteiger partial charge in [0.1, 0.15) is 18.4 Å². The van der Waals surface area contributed by atoms with Gasteiger partial charge in [-0.15, -0.1) is 0 Å². The Morgan fingerprint density at radius 3 is 2.69 bits per heavy atom. The molecular formula is C22H19Cl2N5O3. The van der Waals surface area contributed by atoms with Crippen molar-refractivity contribution in [3.8, 4) is 28.6 Å². The van der Waals surface area contributed by atoms with E-state index in [1.165, 1.54) is 12.4 Å². The van der Waals surface area contributed by atoms with Gasteiger partial charge in [0.2, 0.25) is 5.88 Å². The zero-order chi connectivity index (χ0) is 22.2. The highest BCUT2D eigenvalue weighted by Crippen LogP contribution is 2.40. The number of nitrogens with zero attached hydrogens (tertiary/aromatic N) is 3. The van der Waals surface area contributed by atoms with E-state index in [0.717, 1.165) is 34.4 Å². The van der Waals surface area contributed by atoms with E-state index in [1.807, 2.05) is 25.1 Å². The summed E-state index contributed by atoms with van der Waals surface area (Å²) in [6, 6.07) is 5.70. The summed E-state index contributed by atoms with van der Waals surface area (Å²) < 4.78 is 17.4. The summed E-state index contributed by atoms with van der Waals surface area (Å²) in [6.45, 7) is 3.19. The smallest absolute Gasteiger partial charge is 0.237 e. The summed E-state index contributed by atoms with van der Waals surface area (Å²) in [7, 11) is 1.58. The molecule has 0 saturated carbocycles. The number of aromatic amines is 1. The zero-order valence-electron chi connectivity index (χ0n) is 17.3. The molecule has 0 fully saturated rings. The minimum Gasteiger partial charge on any atom is -0.493 e. The van der Waals surface area contributed by atoms with Gasteiger partial charge in [0.25, 0.3) is 0 Å². The maximum absolute atomic E-state index is 6.31. The van der Waals surface area contributed by atoms with Crippen LogP contribution in [0.25, 0.3) is 22.2 Å². The lowest BCUT2D eigenvalue weighted by Gasteiger charge is -2.19. The van der Waals surface area contributed by atoms with E-state index in [1.54, 1.807) is 13.3 Å². The Labute approximate surface area is 193 Å². The zero-order valence-corrected chi connectivity index (χ0v) is 18.8. The summed E-state index contributed by atoms with van der Waals surface area (Å²) in [5.74, 6) is 1.68. The van der Waals surface area contributed by atoms with Crippen LogP contribution in [0.4, 0.5) is 5.69 Å². The van der Waals surface area contributed by atoms with Gasteiger partial charge < -0.3 is 19.5 Å². The van der Waals surface area contributed by atoms with E-state index >= 15 is 0 Å². The third-order valence-electron chi connectivity index (χ3n) is 5.23. The van der Waals surface area contributed by atoms with Crippen LogP contribution in [0.3, 0.4) is 0 Å². The Bertz CT molecular complexity index is 1290. The van der Waals surface area contributed by atoms with Crippen molar-refractivity contribution in [3.05, 3.63) is 52.4 Å². The first-order valence-electron chi connectivity index (χ1n) is 9.94. The van der Waals surface area contributed by atoms with Crippen molar-refractivity contribution in [2.24, 2.45) is 0 Å². The monoisotopic (exact) mass is 471 g/mol. The van der Waals surface area contributed by atoms with Crippen molar-refractivity contribution >= 4 is 39.8 Å². The Morgan fingerprint density at radius 1 is 1.09 bits per heavy atom. The van der Waals surface area contributed by atoms with E-state index < -0.39 is 6.10 Å². The minimum absolute atomic E-state index is 0.434. The van der Waals surface area contributed by atoms with Crippen LogP contribution in [-0.2, 0) is 0 Å². The number of pyridine rings is 2. The van der Waals surface area contributed by atoms with Crippen molar-refractivity contribution in [2.75, 3.05) is 25.6 Å². The van der Waals surface area contributed by atoms with Crippen LogP contribution < -0.4 is 19.5 Å². The second-order valence-corrected chi connectivity index (χ2v) is 8.06. The molecule has 0 radical (unpaired) electrons. The summed E-state index contributed by atoms with van der Waals surface area (Å²) in [5, 5.41) is 12.6. The van der Waals surface area contributed by atoms with E-state index in [0.29, 0.717) is 39.6 Å². The average Bonchev–Trinajstić information content (AvgIpc) is 3.20. The van der Waals surface area contributed by atoms with Crippen LogP contribution in [0.2, 0.25) is 10.0 Å². The molecule has 4 heterocycles. The first-order valence-corrected chi connectivity index (χ1v) is 10.7. The predicted octanol–water partition coefficient (Wildman–Crippen LogP) is 5.28. The highest BCUT2D eigenvalue weighted by Gasteiger charge is 2.21. The van der Waals surface area contributed by atoms with Crippen molar-refractivity contribution in [3.63, 3.8) is 0 Å². The van der Waals surface area contributed by atoms with Gasteiger partial charge in [0.15, 0.2) is 11.5 Å². The number of ether oxygens (including phenoxy) is 3. The molecule has 2 N–H and O–H groups in total. The van der Waals surface area contributed by atoms with Crippen molar-refractivity contribution in [1.82, 2.24) is 20.2 Å². The van der Waals surface area contributed by atoms with Gasteiger partial charge in [-0.25, -0.2) is 4.98 Å². The van der Waals surface area contributed by atoms with Gasteiger partial charge in [0.05, 0.1) is 28.4 Å². The second-order valence-electron chi connectivity index (χ2n) is 7.25. The molecule has 4 aromatic rings. The number of rotatable bonds is 5. The lowest BCUT2D eigenvalue weighted by atomic mass is 10.1. The average molecular weight is 472 g/mol. The van der Waals surface area contributed by atoms with Crippen molar-refractivity contribution in [2.45, 2.75) is 13.0 Å². The number of fused-ring (bicyclic) bond motifs is 2. The Balaban J connectivity index is 1.55. The first-order chi connectivity index (χ1) is 15.5. The lowest BCUT2D eigenvalue weighted by molar-refractivity contribution is 0.216. The molecule has 1 atom stereocenters. The molecule has 5 rings (SSSR count). The number of anilines is 1. The number of hydrogen-bond donors (Lipinski definition) is 2. The highest BCUT2D eigenvalue weighted by atomic mass is 35.5. The van der Waals surface area contributed by atoms with E-state index in [4.69, 9.17) is 37.4 Å². The predicted molar refractivity (Wildman–Crippen MR) is 123 cm³/mol. The number of H-pyrrole nitrogens is 1. The number of aromatic nitrogens is 4. The highest BCUT2D eigenvalue weighted by molar-refractivity contribution is 6.35. The third kappa shape index (κ3) is 3.65. The quantitative estimate of drug-likeness (QED) is 0.408. The third-order valence-corrected chi connectivity index (χ3v) is 5.83. The molecule has 1 aliphatic heterocycles. The molecule has 164 valence electrons. The van der Waals surface area contributed by atoms with Crippen LogP contribution in [-0.4, -0.2) is 40.4 Å². The number of methoxy groups -OCH3 is 1. The van der Waals surface area contributed by atoms with E-state index in [2.05, 4.69) is 25.5 Å². The fourth-order valence-corrected chi connectivity index (χ4v) is 4.38. The lowest BCUT2D eigenvalue weighted by Crippen LogP contribution is -2.18.